The molecule has 2 aromatic rings. The van der Waals surface area contributed by atoms with Crippen molar-refractivity contribution in [2.45, 2.75) is 24.7 Å². The molecule has 2 heterocycles. The van der Waals surface area contributed by atoms with Gasteiger partial charge in [0.25, 0.3) is 5.79 Å². The van der Waals surface area contributed by atoms with Gasteiger partial charge in [0.05, 0.1) is 17.8 Å². The molecule has 2 aliphatic heterocycles. The predicted octanol–water partition coefficient (Wildman–Crippen LogP) is 4.00. The van der Waals surface area contributed by atoms with E-state index in [2.05, 4.69) is 10.3 Å². The van der Waals surface area contributed by atoms with Crippen LogP contribution in [0.4, 0.5) is 0 Å². The Balaban J connectivity index is 1.50. The first-order valence-corrected chi connectivity index (χ1v) is 8.52. The lowest BCUT2D eigenvalue weighted by Gasteiger charge is -2.24. The minimum Gasteiger partial charge on any atom is -0.385 e. The maximum Gasteiger partial charge on any atom is 0.280 e. The summed E-state index contributed by atoms with van der Waals surface area (Å²) in [5.41, 5.74) is 2.74. The van der Waals surface area contributed by atoms with Gasteiger partial charge in [-0.1, -0.05) is 69.9 Å². The summed E-state index contributed by atoms with van der Waals surface area (Å²) >= 11 is 12.4. The number of oxime groups is 2. The molecule has 0 amide bonds. The van der Waals surface area contributed by atoms with Gasteiger partial charge in [-0.05, 0) is 12.1 Å². The largest absolute Gasteiger partial charge is 0.385 e. The molecule has 7 heteroatoms. The zero-order chi connectivity index (χ0) is 17.4. The van der Waals surface area contributed by atoms with E-state index >= 15 is 0 Å². The maximum atomic E-state index is 10.8. The third-order valence-corrected chi connectivity index (χ3v) is 4.94. The van der Waals surface area contributed by atoms with Crippen molar-refractivity contribution >= 4 is 34.6 Å². The summed E-state index contributed by atoms with van der Waals surface area (Å²) in [6.07, 6.45) is -0.152. The van der Waals surface area contributed by atoms with Crippen molar-refractivity contribution in [3.05, 3.63) is 69.7 Å². The standard InChI is InChI=1S/C18H14Cl2N2O3/c19-13-7-3-1-5-11(13)15-9-17(24-21-15)18(23)10-16(22-25-18)12-6-2-4-8-14(12)20/h1-8,17,23H,9-10H2/t17?,18-/m1/s1. The molecule has 0 radical (unpaired) electrons. The van der Waals surface area contributed by atoms with Crippen molar-refractivity contribution in [1.82, 2.24) is 0 Å². The Morgan fingerprint density at radius 3 is 2.16 bits per heavy atom. The van der Waals surface area contributed by atoms with Gasteiger partial charge in [0.1, 0.15) is 0 Å². The fraction of sp³-hybridized carbons (Fsp3) is 0.222. The summed E-state index contributed by atoms with van der Waals surface area (Å²) in [7, 11) is 0. The lowest BCUT2D eigenvalue weighted by atomic mass is 9.95. The smallest absolute Gasteiger partial charge is 0.280 e. The SMILES string of the molecule is O[C@]1(C2CC(c3ccccc3Cl)=NO2)CC(c2ccccc2Cl)=NO1. The van der Waals surface area contributed by atoms with E-state index in [-0.39, 0.29) is 6.42 Å². The highest BCUT2D eigenvalue weighted by molar-refractivity contribution is 6.34. The molecule has 0 saturated heterocycles. The predicted molar refractivity (Wildman–Crippen MR) is 96.1 cm³/mol. The highest BCUT2D eigenvalue weighted by atomic mass is 35.5. The van der Waals surface area contributed by atoms with Crippen molar-refractivity contribution in [2.75, 3.05) is 0 Å². The summed E-state index contributed by atoms with van der Waals surface area (Å²) in [4.78, 5) is 10.7. The number of nitrogens with zero attached hydrogens (tertiary/aromatic N) is 2. The molecule has 25 heavy (non-hydrogen) atoms. The van der Waals surface area contributed by atoms with Crippen molar-refractivity contribution in [3.8, 4) is 0 Å². The van der Waals surface area contributed by atoms with E-state index in [0.717, 1.165) is 11.1 Å². The summed E-state index contributed by atoms with van der Waals surface area (Å²) in [6, 6.07) is 14.6. The Kier molecular flexibility index (Phi) is 4.15. The van der Waals surface area contributed by atoms with Crippen molar-refractivity contribution in [1.29, 1.82) is 0 Å². The van der Waals surface area contributed by atoms with Gasteiger partial charge in [0.15, 0.2) is 0 Å². The van der Waals surface area contributed by atoms with E-state index in [1.165, 1.54) is 0 Å². The monoisotopic (exact) mass is 376 g/mol. The second kappa shape index (κ2) is 6.33. The number of rotatable bonds is 3. The number of aliphatic hydroxyl groups is 1. The van der Waals surface area contributed by atoms with Crippen LogP contribution in [-0.2, 0) is 9.68 Å². The molecule has 1 unspecified atom stereocenters. The highest BCUT2D eigenvalue weighted by Gasteiger charge is 2.50. The average molecular weight is 377 g/mol. The molecule has 0 spiro atoms. The van der Waals surface area contributed by atoms with Crippen LogP contribution in [0.1, 0.15) is 24.0 Å². The Bertz CT molecular complexity index is 884. The Morgan fingerprint density at radius 2 is 1.52 bits per heavy atom. The highest BCUT2D eigenvalue weighted by Crippen LogP contribution is 2.36. The van der Waals surface area contributed by atoms with Crippen LogP contribution in [0, 0.1) is 0 Å². The molecular weight excluding hydrogens is 363 g/mol. The summed E-state index contributed by atoms with van der Waals surface area (Å²) in [6.45, 7) is 0. The normalized spacial score (nSPS) is 25.2. The second-order valence-electron chi connectivity index (χ2n) is 5.95. The zero-order valence-corrected chi connectivity index (χ0v) is 14.5. The van der Waals surface area contributed by atoms with Gasteiger partial charge in [0.2, 0.25) is 6.10 Å². The summed E-state index contributed by atoms with van der Waals surface area (Å²) < 4.78 is 0. The maximum absolute atomic E-state index is 10.8. The zero-order valence-electron chi connectivity index (χ0n) is 13.0. The van der Waals surface area contributed by atoms with Crippen LogP contribution in [0.15, 0.2) is 58.8 Å². The van der Waals surface area contributed by atoms with Crippen LogP contribution in [0.2, 0.25) is 10.0 Å². The van der Waals surface area contributed by atoms with Gasteiger partial charge < -0.3 is 14.8 Å². The fourth-order valence-corrected chi connectivity index (χ4v) is 3.41. The molecule has 4 rings (SSSR count). The molecule has 0 bridgehead atoms. The van der Waals surface area contributed by atoms with Gasteiger partial charge >= 0.3 is 0 Å². The molecule has 2 atom stereocenters. The van der Waals surface area contributed by atoms with E-state index < -0.39 is 11.9 Å². The number of hydrogen-bond acceptors (Lipinski definition) is 5. The van der Waals surface area contributed by atoms with E-state index in [9.17, 15) is 5.11 Å². The molecule has 0 aromatic heterocycles. The quantitative estimate of drug-likeness (QED) is 0.880. The first-order valence-electron chi connectivity index (χ1n) is 7.77. The Labute approximate surface area is 154 Å². The number of halogens is 2. The molecule has 0 fully saturated rings. The van der Waals surface area contributed by atoms with E-state index in [1.807, 2.05) is 36.4 Å². The number of benzene rings is 2. The van der Waals surface area contributed by atoms with Crippen LogP contribution in [0.5, 0.6) is 0 Å². The average Bonchev–Trinajstić information content (AvgIpc) is 3.24. The molecule has 1 N–H and O–H groups in total. The molecule has 2 aliphatic rings. The van der Waals surface area contributed by atoms with Crippen molar-refractivity contribution in [3.63, 3.8) is 0 Å². The summed E-state index contributed by atoms with van der Waals surface area (Å²) in [5.74, 6) is -1.60. The van der Waals surface area contributed by atoms with Gasteiger partial charge in [-0.3, -0.25) is 0 Å². The van der Waals surface area contributed by atoms with Crippen LogP contribution >= 0.6 is 23.2 Å². The van der Waals surface area contributed by atoms with Gasteiger partial charge in [-0.25, -0.2) is 0 Å². The van der Waals surface area contributed by atoms with Gasteiger partial charge in [-0.2, -0.15) is 0 Å². The van der Waals surface area contributed by atoms with E-state index in [1.54, 1.807) is 12.1 Å². The topological polar surface area (TPSA) is 63.4 Å². The molecule has 0 saturated carbocycles. The fourth-order valence-electron chi connectivity index (χ4n) is 2.92. The van der Waals surface area contributed by atoms with Crippen LogP contribution in [0.3, 0.4) is 0 Å². The van der Waals surface area contributed by atoms with Crippen molar-refractivity contribution in [2.24, 2.45) is 10.3 Å². The molecular formula is C18H14Cl2N2O3. The van der Waals surface area contributed by atoms with Crippen LogP contribution in [-0.4, -0.2) is 28.4 Å². The molecule has 0 aliphatic carbocycles. The Hall–Kier alpha value is -2.08. The van der Waals surface area contributed by atoms with E-state index in [4.69, 9.17) is 32.9 Å². The van der Waals surface area contributed by atoms with Crippen LogP contribution in [0.25, 0.3) is 0 Å². The third kappa shape index (κ3) is 2.99. The molecule has 2 aromatic carbocycles. The minimum atomic E-state index is -1.60. The second-order valence-corrected chi connectivity index (χ2v) is 6.76. The van der Waals surface area contributed by atoms with Crippen molar-refractivity contribution < 1.29 is 14.8 Å². The lowest BCUT2D eigenvalue weighted by molar-refractivity contribution is -0.246. The Morgan fingerprint density at radius 1 is 0.920 bits per heavy atom. The van der Waals surface area contributed by atoms with Gasteiger partial charge in [0, 0.05) is 27.6 Å². The molecule has 128 valence electrons. The first-order chi connectivity index (χ1) is 12.1. The molecule has 5 nitrogen and oxygen atoms in total. The van der Waals surface area contributed by atoms with E-state index in [0.29, 0.717) is 27.9 Å². The van der Waals surface area contributed by atoms with Crippen LogP contribution < -0.4 is 0 Å². The third-order valence-electron chi connectivity index (χ3n) is 4.28. The van der Waals surface area contributed by atoms with Gasteiger partial charge in [-0.15, -0.1) is 0 Å². The number of hydrogen-bond donors (Lipinski definition) is 1. The lowest BCUT2D eigenvalue weighted by Crippen LogP contribution is -2.42. The minimum absolute atomic E-state index is 0.159. The summed E-state index contributed by atoms with van der Waals surface area (Å²) in [5, 5.41) is 20.0. The first kappa shape index (κ1) is 16.4.